The molecule has 3 N–H and O–H groups in total. The second-order valence-electron chi connectivity index (χ2n) is 5.53. The Balaban J connectivity index is 2.11. The van der Waals surface area contributed by atoms with Crippen LogP contribution in [0.5, 0.6) is 0 Å². The van der Waals surface area contributed by atoms with E-state index in [9.17, 15) is 15.3 Å². The van der Waals surface area contributed by atoms with E-state index in [1.54, 1.807) is 0 Å². The lowest BCUT2D eigenvalue weighted by Crippen LogP contribution is -2.55. The largest absolute Gasteiger partial charge is 0.394 e. The molecule has 124 valence electrons. The zero-order valence-corrected chi connectivity index (χ0v) is 13.0. The summed E-state index contributed by atoms with van der Waals surface area (Å²) in [4.78, 5) is 0. The second kappa shape index (κ2) is 11.2. The molecule has 0 aromatic carbocycles. The maximum atomic E-state index is 9.89. The van der Waals surface area contributed by atoms with Gasteiger partial charge in [-0.2, -0.15) is 0 Å². The van der Waals surface area contributed by atoms with E-state index < -0.39 is 24.4 Å². The van der Waals surface area contributed by atoms with Crippen molar-refractivity contribution in [3.05, 3.63) is 12.2 Å². The Kier molecular flexibility index (Phi) is 9.87. The predicted octanol–water partition coefficient (Wildman–Crippen LogP) is 1.40. The van der Waals surface area contributed by atoms with Crippen LogP contribution in [-0.2, 0) is 9.47 Å². The molecule has 0 aromatic rings. The molecule has 0 unspecified atom stereocenters. The first-order chi connectivity index (χ1) is 10.2. The normalized spacial score (nSPS) is 30.1. The van der Waals surface area contributed by atoms with Crippen molar-refractivity contribution in [2.24, 2.45) is 0 Å². The van der Waals surface area contributed by atoms with Gasteiger partial charge < -0.3 is 24.8 Å². The average Bonchev–Trinajstić information content (AvgIpc) is 2.49. The zero-order valence-electron chi connectivity index (χ0n) is 13.0. The number of allylic oxidation sites excluding steroid dienone is 2. The Morgan fingerprint density at radius 3 is 2.62 bits per heavy atom. The Labute approximate surface area is 127 Å². The Bertz CT molecular complexity index is 280. The van der Waals surface area contributed by atoms with Crippen LogP contribution in [-0.4, -0.2) is 59.6 Å². The van der Waals surface area contributed by atoms with Gasteiger partial charge in [0, 0.05) is 6.61 Å². The van der Waals surface area contributed by atoms with Crippen molar-refractivity contribution < 1.29 is 24.8 Å². The number of unbranched alkanes of at least 4 members (excludes halogenated alkanes) is 4. The molecule has 0 spiro atoms. The van der Waals surface area contributed by atoms with Gasteiger partial charge in [-0.25, -0.2) is 0 Å². The molecule has 5 heteroatoms. The van der Waals surface area contributed by atoms with Gasteiger partial charge >= 0.3 is 0 Å². The molecule has 21 heavy (non-hydrogen) atoms. The van der Waals surface area contributed by atoms with Crippen LogP contribution in [0.1, 0.15) is 45.4 Å². The first kappa shape index (κ1) is 18.6. The van der Waals surface area contributed by atoms with Crippen molar-refractivity contribution in [1.82, 2.24) is 0 Å². The van der Waals surface area contributed by atoms with Gasteiger partial charge in [0.15, 0.2) is 0 Å². The van der Waals surface area contributed by atoms with Crippen LogP contribution in [0.3, 0.4) is 0 Å². The summed E-state index contributed by atoms with van der Waals surface area (Å²) in [6.07, 6.45) is 7.84. The van der Waals surface area contributed by atoms with Crippen LogP contribution in [0.2, 0.25) is 0 Å². The number of hydrogen-bond donors (Lipinski definition) is 3. The van der Waals surface area contributed by atoms with Crippen LogP contribution in [0.25, 0.3) is 0 Å². The van der Waals surface area contributed by atoms with Crippen LogP contribution in [0, 0.1) is 0 Å². The first-order valence-electron chi connectivity index (χ1n) is 8.05. The lowest BCUT2D eigenvalue weighted by Gasteiger charge is -2.37. The van der Waals surface area contributed by atoms with Crippen LogP contribution in [0.4, 0.5) is 0 Å². The highest BCUT2D eigenvalue weighted by Gasteiger charge is 2.39. The third kappa shape index (κ3) is 6.89. The standard InChI is InChI=1S/C16H30O5/c1-2-3-4-5-6-7-8-9-10-20-16-14(11-17)21-12-13(18)15(16)19/h3-4,13-19H,2,5-12H2,1H3/b4-3+/t13-,14+,15+,16+/m0/s1. The van der Waals surface area contributed by atoms with Crippen molar-refractivity contribution in [1.29, 1.82) is 0 Å². The highest BCUT2D eigenvalue weighted by molar-refractivity contribution is 4.87. The molecule has 1 fully saturated rings. The molecule has 0 aromatic heterocycles. The molecule has 0 radical (unpaired) electrons. The molecule has 1 heterocycles. The summed E-state index contributed by atoms with van der Waals surface area (Å²) in [5.74, 6) is 0. The molecular formula is C16H30O5. The molecule has 4 atom stereocenters. The van der Waals surface area contributed by atoms with Crippen molar-refractivity contribution in [2.75, 3.05) is 19.8 Å². The maximum absolute atomic E-state index is 9.89. The maximum Gasteiger partial charge on any atom is 0.114 e. The third-order valence-corrected chi connectivity index (χ3v) is 3.74. The second-order valence-corrected chi connectivity index (χ2v) is 5.53. The van der Waals surface area contributed by atoms with Gasteiger partial charge in [0.1, 0.15) is 24.4 Å². The zero-order chi connectivity index (χ0) is 15.5. The number of rotatable bonds is 10. The number of ether oxygens (including phenoxy) is 2. The minimum absolute atomic E-state index is 0.0392. The van der Waals surface area contributed by atoms with Gasteiger partial charge in [-0.05, 0) is 25.7 Å². The van der Waals surface area contributed by atoms with Gasteiger partial charge in [-0.1, -0.05) is 31.9 Å². The molecule has 1 rings (SSSR count). The predicted molar refractivity (Wildman–Crippen MR) is 81.1 cm³/mol. The van der Waals surface area contributed by atoms with E-state index in [1.807, 2.05) is 0 Å². The summed E-state index contributed by atoms with van der Waals surface area (Å²) in [5, 5.41) is 28.7. The van der Waals surface area contributed by atoms with E-state index in [0.29, 0.717) is 6.61 Å². The number of aliphatic hydroxyl groups excluding tert-OH is 3. The van der Waals surface area contributed by atoms with E-state index in [0.717, 1.165) is 32.1 Å². The molecule has 1 aliphatic rings. The summed E-state index contributed by atoms with van der Waals surface area (Å²) < 4.78 is 10.9. The first-order valence-corrected chi connectivity index (χ1v) is 8.05. The van der Waals surface area contributed by atoms with Gasteiger partial charge in [0.25, 0.3) is 0 Å². The van der Waals surface area contributed by atoms with E-state index in [-0.39, 0.29) is 13.2 Å². The topological polar surface area (TPSA) is 79.2 Å². The summed E-state index contributed by atoms with van der Waals surface area (Å²) >= 11 is 0. The molecule has 0 aliphatic carbocycles. The highest BCUT2D eigenvalue weighted by Crippen LogP contribution is 2.19. The fourth-order valence-electron chi connectivity index (χ4n) is 2.44. The van der Waals surface area contributed by atoms with Crippen LogP contribution >= 0.6 is 0 Å². The Hall–Kier alpha value is -0.460. The smallest absolute Gasteiger partial charge is 0.114 e. The minimum Gasteiger partial charge on any atom is -0.394 e. The van der Waals surface area contributed by atoms with Gasteiger partial charge in [0.2, 0.25) is 0 Å². The van der Waals surface area contributed by atoms with Crippen molar-refractivity contribution in [2.45, 2.75) is 69.9 Å². The highest BCUT2D eigenvalue weighted by atomic mass is 16.6. The van der Waals surface area contributed by atoms with Crippen LogP contribution < -0.4 is 0 Å². The monoisotopic (exact) mass is 302 g/mol. The van der Waals surface area contributed by atoms with E-state index in [4.69, 9.17) is 9.47 Å². The molecule has 0 amide bonds. The quantitative estimate of drug-likeness (QED) is 0.420. The lowest BCUT2D eigenvalue weighted by atomic mass is 10.0. The van der Waals surface area contributed by atoms with Crippen molar-refractivity contribution in [3.63, 3.8) is 0 Å². The molecule has 1 aliphatic heterocycles. The lowest BCUT2D eigenvalue weighted by molar-refractivity contribution is -0.211. The fraction of sp³-hybridized carbons (Fsp3) is 0.875. The number of hydrogen-bond acceptors (Lipinski definition) is 5. The molecule has 5 nitrogen and oxygen atoms in total. The number of aliphatic hydroxyl groups is 3. The summed E-state index contributed by atoms with van der Waals surface area (Å²) in [5.41, 5.74) is 0. The molecular weight excluding hydrogens is 272 g/mol. The Morgan fingerprint density at radius 1 is 1.14 bits per heavy atom. The van der Waals surface area contributed by atoms with Gasteiger partial charge in [0.05, 0.1) is 13.2 Å². The Morgan fingerprint density at radius 2 is 1.90 bits per heavy atom. The van der Waals surface area contributed by atoms with Gasteiger partial charge in [-0.3, -0.25) is 0 Å². The third-order valence-electron chi connectivity index (χ3n) is 3.74. The van der Waals surface area contributed by atoms with Crippen molar-refractivity contribution >= 4 is 0 Å². The van der Waals surface area contributed by atoms with Crippen molar-refractivity contribution in [3.8, 4) is 0 Å². The fourth-order valence-corrected chi connectivity index (χ4v) is 2.44. The molecule has 0 bridgehead atoms. The van der Waals surface area contributed by atoms with E-state index in [1.165, 1.54) is 6.42 Å². The SMILES string of the molecule is CC/C=C/CCCCCCO[C@H]1[C@H](O)[C@@H](O)CO[C@@H]1CO. The van der Waals surface area contributed by atoms with E-state index >= 15 is 0 Å². The molecule has 1 saturated heterocycles. The van der Waals surface area contributed by atoms with Gasteiger partial charge in [-0.15, -0.1) is 0 Å². The minimum atomic E-state index is -0.991. The van der Waals surface area contributed by atoms with E-state index in [2.05, 4.69) is 19.1 Å². The molecule has 0 saturated carbocycles. The summed E-state index contributed by atoms with van der Waals surface area (Å²) in [6, 6.07) is 0. The summed E-state index contributed by atoms with van der Waals surface area (Å²) in [7, 11) is 0. The average molecular weight is 302 g/mol. The summed E-state index contributed by atoms with van der Waals surface area (Å²) in [6.45, 7) is 2.47. The van der Waals surface area contributed by atoms with Crippen LogP contribution in [0.15, 0.2) is 12.2 Å².